The van der Waals surface area contributed by atoms with E-state index in [9.17, 15) is 9.59 Å². The van der Waals surface area contributed by atoms with Gasteiger partial charge < -0.3 is 10.4 Å². The van der Waals surface area contributed by atoms with Crippen molar-refractivity contribution in [3.05, 3.63) is 63.5 Å². The smallest absolute Gasteiger partial charge is 0.354 e. The van der Waals surface area contributed by atoms with Crippen molar-refractivity contribution in [1.29, 1.82) is 0 Å². The summed E-state index contributed by atoms with van der Waals surface area (Å²) in [4.78, 5) is 23.7. The lowest BCUT2D eigenvalue weighted by Gasteiger charge is -2.13. The lowest BCUT2D eigenvalue weighted by molar-refractivity contribution is -0.119. The van der Waals surface area contributed by atoms with Crippen molar-refractivity contribution in [1.82, 2.24) is 19.6 Å². The van der Waals surface area contributed by atoms with Gasteiger partial charge >= 0.3 is 5.97 Å². The molecular formula is C18H17Cl2N5O3. The van der Waals surface area contributed by atoms with Crippen molar-refractivity contribution in [2.75, 3.05) is 5.32 Å². The molecule has 0 aliphatic rings. The van der Waals surface area contributed by atoms with Gasteiger partial charge in [-0.25, -0.2) is 9.48 Å². The maximum atomic E-state index is 12.5. The molecule has 146 valence electrons. The first kappa shape index (κ1) is 19.9. The monoisotopic (exact) mass is 421 g/mol. The Morgan fingerprint density at radius 1 is 1.25 bits per heavy atom. The molecule has 1 amide bonds. The summed E-state index contributed by atoms with van der Waals surface area (Å²) in [7, 11) is 0. The van der Waals surface area contributed by atoms with Crippen LogP contribution in [0.5, 0.6) is 0 Å². The Bertz CT molecular complexity index is 1020. The van der Waals surface area contributed by atoms with Crippen LogP contribution in [0.2, 0.25) is 10.0 Å². The highest BCUT2D eigenvalue weighted by Crippen LogP contribution is 2.26. The summed E-state index contributed by atoms with van der Waals surface area (Å²) in [6.45, 7) is 3.74. The number of aryl methyl sites for hydroxylation is 1. The lowest BCUT2D eigenvalue weighted by Crippen LogP contribution is -2.27. The topological polar surface area (TPSA) is 102 Å². The number of amides is 1. The van der Waals surface area contributed by atoms with Crippen LogP contribution in [-0.4, -0.2) is 36.5 Å². The fourth-order valence-corrected chi connectivity index (χ4v) is 3.22. The second kappa shape index (κ2) is 8.04. The van der Waals surface area contributed by atoms with Crippen molar-refractivity contribution in [2.24, 2.45) is 0 Å². The first-order valence-corrected chi connectivity index (χ1v) is 9.08. The number of benzene rings is 1. The molecule has 0 bridgehead atoms. The van der Waals surface area contributed by atoms with E-state index >= 15 is 0 Å². The number of aromatic nitrogens is 4. The number of nitrogens with zero attached hydrogens (tertiary/aromatic N) is 4. The van der Waals surface area contributed by atoms with Crippen LogP contribution in [0.15, 0.2) is 36.5 Å². The molecule has 3 aromatic rings. The zero-order valence-electron chi connectivity index (χ0n) is 15.1. The average Bonchev–Trinajstić information content (AvgIpc) is 3.24. The number of hydrogen-bond acceptors (Lipinski definition) is 4. The molecule has 2 aromatic heterocycles. The number of anilines is 1. The first-order chi connectivity index (χ1) is 13.3. The van der Waals surface area contributed by atoms with Crippen LogP contribution in [0.4, 0.5) is 5.82 Å². The molecule has 1 unspecified atom stereocenters. The molecule has 0 saturated carbocycles. The predicted octanol–water partition coefficient (Wildman–Crippen LogP) is 3.64. The van der Waals surface area contributed by atoms with E-state index in [-0.39, 0.29) is 5.69 Å². The number of aromatic carboxylic acids is 1. The van der Waals surface area contributed by atoms with Crippen molar-refractivity contribution in [3.63, 3.8) is 0 Å². The molecule has 8 nitrogen and oxygen atoms in total. The minimum Gasteiger partial charge on any atom is -0.477 e. The normalized spacial score (nSPS) is 12.0. The van der Waals surface area contributed by atoms with Gasteiger partial charge in [0, 0.05) is 33.6 Å². The Kier molecular flexibility index (Phi) is 5.71. The molecule has 0 aliphatic heterocycles. The largest absolute Gasteiger partial charge is 0.477 e. The quantitative estimate of drug-likeness (QED) is 0.632. The number of carbonyl (C=O) groups excluding carboxylic acids is 1. The van der Waals surface area contributed by atoms with Gasteiger partial charge in [0.25, 0.3) is 0 Å². The van der Waals surface area contributed by atoms with Crippen LogP contribution < -0.4 is 5.32 Å². The van der Waals surface area contributed by atoms with E-state index in [1.165, 1.54) is 12.3 Å². The van der Waals surface area contributed by atoms with E-state index < -0.39 is 17.9 Å². The van der Waals surface area contributed by atoms with Gasteiger partial charge in [-0.15, -0.1) is 0 Å². The molecule has 0 radical (unpaired) electrons. The van der Waals surface area contributed by atoms with Gasteiger partial charge in [-0.1, -0.05) is 29.3 Å². The Morgan fingerprint density at radius 3 is 2.57 bits per heavy atom. The van der Waals surface area contributed by atoms with Crippen LogP contribution in [0.3, 0.4) is 0 Å². The van der Waals surface area contributed by atoms with E-state index in [1.807, 2.05) is 6.92 Å². The first-order valence-electron chi connectivity index (χ1n) is 8.33. The van der Waals surface area contributed by atoms with Gasteiger partial charge in [0.1, 0.15) is 11.7 Å². The summed E-state index contributed by atoms with van der Waals surface area (Å²) in [5.41, 5.74) is 1.45. The second-order valence-electron chi connectivity index (χ2n) is 6.16. The number of nitrogens with one attached hydrogen (secondary N) is 1. The SMILES string of the molecule is Cc1cc(NC(=O)C(C)n2nccc2C(=O)O)nn1Cc1c(Cl)cccc1Cl. The highest BCUT2D eigenvalue weighted by atomic mass is 35.5. The van der Waals surface area contributed by atoms with Crippen molar-refractivity contribution in [2.45, 2.75) is 26.4 Å². The zero-order chi connectivity index (χ0) is 20.4. The molecule has 0 fully saturated rings. The molecular weight excluding hydrogens is 405 g/mol. The third kappa shape index (κ3) is 4.02. The van der Waals surface area contributed by atoms with Gasteiger partial charge in [0.2, 0.25) is 5.91 Å². The number of carbonyl (C=O) groups is 2. The Balaban J connectivity index is 1.77. The van der Waals surface area contributed by atoms with E-state index in [0.717, 1.165) is 15.9 Å². The van der Waals surface area contributed by atoms with Crippen molar-refractivity contribution in [3.8, 4) is 0 Å². The second-order valence-corrected chi connectivity index (χ2v) is 6.97. The van der Waals surface area contributed by atoms with Gasteiger partial charge in [0.05, 0.1) is 6.54 Å². The van der Waals surface area contributed by atoms with Crippen LogP contribution in [0.1, 0.15) is 34.7 Å². The predicted molar refractivity (Wildman–Crippen MR) is 105 cm³/mol. The molecule has 3 rings (SSSR count). The molecule has 10 heteroatoms. The maximum Gasteiger partial charge on any atom is 0.354 e. The number of carboxylic acid groups (broad SMARTS) is 1. The number of carboxylic acids is 1. The zero-order valence-corrected chi connectivity index (χ0v) is 16.6. The van der Waals surface area contributed by atoms with Gasteiger partial charge in [-0.3, -0.25) is 9.48 Å². The number of halogens is 2. The third-order valence-corrected chi connectivity index (χ3v) is 4.95. The summed E-state index contributed by atoms with van der Waals surface area (Å²) in [6.07, 6.45) is 1.33. The number of rotatable bonds is 6. The highest BCUT2D eigenvalue weighted by Gasteiger charge is 2.22. The van der Waals surface area contributed by atoms with Gasteiger partial charge in [-0.05, 0) is 32.0 Å². The molecule has 2 N–H and O–H groups in total. The lowest BCUT2D eigenvalue weighted by atomic mass is 10.2. The van der Waals surface area contributed by atoms with Crippen molar-refractivity contribution >= 4 is 40.9 Å². The maximum absolute atomic E-state index is 12.5. The van der Waals surface area contributed by atoms with Crippen LogP contribution >= 0.6 is 23.2 Å². The van der Waals surface area contributed by atoms with Crippen molar-refractivity contribution < 1.29 is 14.7 Å². The molecule has 2 heterocycles. The fourth-order valence-electron chi connectivity index (χ4n) is 2.70. The van der Waals surface area contributed by atoms with Crippen LogP contribution in [-0.2, 0) is 11.3 Å². The summed E-state index contributed by atoms with van der Waals surface area (Å²) in [6, 6.07) is 7.46. The Hall–Kier alpha value is -2.84. The number of hydrogen-bond donors (Lipinski definition) is 2. The molecule has 0 aliphatic carbocycles. The van der Waals surface area contributed by atoms with E-state index in [1.54, 1.807) is 35.9 Å². The molecule has 1 aromatic carbocycles. The minimum absolute atomic E-state index is 0.0716. The highest BCUT2D eigenvalue weighted by molar-refractivity contribution is 6.35. The van der Waals surface area contributed by atoms with E-state index in [2.05, 4.69) is 15.5 Å². The Morgan fingerprint density at radius 2 is 1.93 bits per heavy atom. The summed E-state index contributed by atoms with van der Waals surface area (Å²) in [5, 5.41) is 21.2. The van der Waals surface area contributed by atoms with Crippen LogP contribution in [0, 0.1) is 6.92 Å². The minimum atomic E-state index is -1.16. The average molecular weight is 422 g/mol. The summed E-state index contributed by atoms with van der Waals surface area (Å²) >= 11 is 12.4. The van der Waals surface area contributed by atoms with Gasteiger partial charge in [0.15, 0.2) is 5.82 Å². The third-order valence-electron chi connectivity index (χ3n) is 4.24. The standard InChI is InChI=1S/C18H17Cl2N5O3/c1-10-8-16(23-24(10)9-12-13(19)4-3-5-14(12)20)22-17(26)11(2)25-15(18(27)28)6-7-21-25/h3-8,11H,9H2,1-2H3,(H,27,28)(H,22,23,26). The molecule has 0 spiro atoms. The molecule has 28 heavy (non-hydrogen) atoms. The summed E-state index contributed by atoms with van der Waals surface area (Å²) in [5.74, 6) is -1.26. The molecule has 0 saturated heterocycles. The van der Waals surface area contributed by atoms with Gasteiger partial charge in [-0.2, -0.15) is 10.2 Å². The van der Waals surface area contributed by atoms with Crippen LogP contribution in [0.25, 0.3) is 0 Å². The fraction of sp³-hybridized carbons (Fsp3) is 0.222. The Labute approximate surface area is 170 Å². The van der Waals surface area contributed by atoms with E-state index in [0.29, 0.717) is 22.4 Å². The van der Waals surface area contributed by atoms with E-state index in [4.69, 9.17) is 28.3 Å². The summed E-state index contributed by atoms with van der Waals surface area (Å²) < 4.78 is 2.81. The molecule has 1 atom stereocenters.